The number of rotatable bonds is 9. The van der Waals surface area contributed by atoms with Gasteiger partial charge in [0.25, 0.3) is 0 Å². The highest BCUT2D eigenvalue weighted by Gasteiger charge is 2.04. The monoisotopic (exact) mass is 328 g/mol. The smallest absolute Gasteiger partial charge is 0.131 e. The molecule has 24 heavy (non-hydrogen) atoms. The van der Waals surface area contributed by atoms with Gasteiger partial charge in [-0.25, -0.2) is 0 Å². The number of hydrogen-bond acceptors (Lipinski definition) is 5. The van der Waals surface area contributed by atoms with E-state index >= 15 is 0 Å². The molecule has 0 saturated heterocycles. The van der Waals surface area contributed by atoms with Crippen LogP contribution in [0.5, 0.6) is 17.2 Å². The summed E-state index contributed by atoms with van der Waals surface area (Å²) in [6.07, 6.45) is 1.75. The SMILES string of the molecule is CCOc1ccc(/C=N/NCc2ccccc2OC)c(OCC)c1. The summed E-state index contributed by atoms with van der Waals surface area (Å²) in [7, 11) is 1.66. The fourth-order valence-electron chi connectivity index (χ4n) is 2.25. The molecule has 2 rings (SSSR count). The van der Waals surface area contributed by atoms with Crippen molar-refractivity contribution in [2.24, 2.45) is 5.10 Å². The van der Waals surface area contributed by atoms with E-state index in [9.17, 15) is 0 Å². The Morgan fingerprint density at radius 3 is 2.54 bits per heavy atom. The Morgan fingerprint density at radius 2 is 1.79 bits per heavy atom. The van der Waals surface area contributed by atoms with Crippen molar-refractivity contribution in [1.82, 2.24) is 5.43 Å². The molecule has 0 aromatic heterocycles. The zero-order valence-electron chi connectivity index (χ0n) is 14.4. The van der Waals surface area contributed by atoms with E-state index < -0.39 is 0 Å². The van der Waals surface area contributed by atoms with Crippen molar-refractivity contribution in [3.8, 4) is 17.2 Å². The first-order valence-electron chi connectivity index (χ1n) is 8.06. The van der Waals surface area contributed by atoms with Crippen molar-refractivity contribution in [2.75, 3.05) is 20.3 Å². The van der Waals surface area contributed by atoms with Gasteiger partial charge in [0.2, 0.25) is 0 Å². The Bertz CT molecular complexity index is 671. The average Bonchev–Trinajstić information content (AvgIpc) is 2.61. The number of para-hydroxylation sites is 1. The molecule has 0 unspecified atom stereocenters. The fourth-order valence-corrected chi connectivity index (χ4v) is 2.25. The highest BCUT2D eigenvalue weighted by atomic mass is 16.5. The van der Waals surface area contributed by atoms with Crippen molar-refractivity contribution in [1.29, 1.82) is 0 Å². The van der Waals surface area contributed by atoms with E-state index in [1.165, 1.54) is 0 Å². The number of ether oxygens (including phenoxy) is 3. The molecule has 2 aromatic rings. The summed E-state index contributed by atoms with van der Waals surface area (Å²) < 4.78 is 16.5. The van der Waals surface area contributed by atoms with Crippen molar-refractivity contribution < 1.29 is 14.2 Å². The first-order valence-corrected chi connectivity index (χ1v) is 8.06. The summed E-state index contributed by atoms with van der Waals surface area (Å²) >= 11 is 0. The van der Waals surface area contributed by atoms with E-state index in [1.807, 2.05) is 56.3 Å². The zero-order valence-corrected chi connectivity index (χ0v) is 14.4. The number of methoxy groups -OCH3 is 1. The summed E-state index contributed by atoms with van der Waals surface area (Å²) in [5, 5.41) is 4.28. The maximum absolute atomic E-state index is 5.66. The van der Waals surface area contributed by atoms with Crippen LogP contribution in [0.3, 0.4) is 0 Å². The van der Waals surface area contributed by atoms with E-state index in [0.29, 0.717) is 19.8 Å². The maximum atomic E-state index is 5.66. The van der Waals surface area contributed by atoms with Crippen molar-refractivity contribution in [3.63, 3.8) is 0 Å². The van der Waals surface area contributed by atoms with Crippen LogP contribution in [-0.2, 0) is 6.54 Å². The normalized spacial score (nSPS) is 10.6. The van der Waals surface area contributed by atoms with Gasteiger partial charge in [-0.2, -0.15) is 5.10 Å². The number of nitrogens with zero attached hydrogens (tertiary/aromatic N) is 1. The van der Waals surface area contributed by atoms with Crippen LogP contribution in [0, 0.1) is 0 Å². The van der Waals surface area contributed by atoms with Gasteiger partial charge in [-0.1, -0.05) is 18.2 Å². The minimum absolute atomic E-state index is 0.585. The van der Waals surface area contributed by atoms with E-state index in [2.05, 4.69) is 10.5 Å². The molecule has 128 valence electrons. The van der Waals surface area contributed by atoms with E-state index in [-0.39, 0.29) is 0 Å². The number of nitrogens with one attached hydrogen (secondary N) is 1. The molecule has 0 saturated carbocycles. The molecule has 0 aliphatic carbocycles. The molecule has 0 fully saturated rings. The lowest BCUT2D eigenvalue weighted by molar-refractivity contribution is 0.323. The van der Waals surface area contributed by atoms with Crippen LogP contribution in [0.4, 0.5) is 0 Å². The molecule has 0 aliphatic rings. The van der Waals surface area contributed by atoms with Crippen LogP contribution >= 0.6 is 0 Å². The summed E-state index contributed by atoms with van der Waals surface area (Å²) in [6, 6.07) is 13.6. The largest absolute Gasteiger partial charge is 0.496 e. The van der Waals surface area contributed by atoms with Crippen LogP contribution in [0.1, 0.15) is 25.0 Å². The quantitative estimate of drug-likeness (QED) is 0.564. The molecule has 5 nitrogen and oxygen atoms in total. The lowest BCUT2D eigenvalue weighted by atomic mass is 10.2. The molecule has 5 heteroatoms. The van der Waals surface area contributed by atoms with Gasteiger partial charge in [-0.05, 0) is 32.0 Å². The minimum atomic E-state index is 0.585. The van der Waals surface area contributed by atoms with Gasteiger partial charge in [0.15, 0.2) is 0 Å². The number of hydrazone groups is 1. The highest BCUT2D eigenvalue weighted by Crippen LogP contribution is 2.24. The van der Waals surface area contributed by atoms with E-state index in [0.717, 1.165) is 28.4 Å². The Morgan fingerprint density at radius 1 is 1.00 bits per heavy atom. The van der Waals surface area contributed by atoms with Crippen LogP contribution in [0.15, 0.2) is 47.6 Å². The molecular weight excluding hydrogens is 304 g/mol. The van der Waals surface area contributed by atoms with Crippen LogP contribution < -0.4 is 19.6 Å². The fraction of sp³-hybridized carbons (Fsp3) is 0.316. The second kappa shape index (κ2) is 9.45. The predicted octanol–water partition coefficient (Wildman–Crippen LogP) is 3.62. The Balaban J connectivity index is 2.02. The molecule has 0 aliphatic heterocycles. The number of hydrogen-bond donors (Lipinski definition) is 1. The summed E-state index contributed by atoms with van der Waals surface area (Å²) in [5.41, 5.74) is 4.98. The first-order chi connectivity index (χ1) is 11.8. The third-order valence-corrected chi connectivity index (χ3v) is 3.35. The Hall–Kier alpha value is -2.69. The average molecular weight is 328 g/mol. The molecule has 0 amide bonds. The Kier molecular flexibility index (Phi) is 6.95. The van der Waals surface area contributed by atoms with Crippen LogP contribution in [0.25, 0.3) is 0 Å². The van der Waals surface area contributed by atoms with Crippen molar-refractivity contribution in [3.05, 3.63) is 53.6 Å². The van der Waals surface area contributed by atoms with Crippen molar-refractivity contribution >= 4 is 6.21 Å². The molecule has 1 N–H and O–H groups in total. The standard InChI is InChI=1S/C19H24N2O3/c1-4-23-17-11-10-16(19(12-17)24-5-2)14-21-20-13-15-8-6-7-9-18(15)22-3/h6-12,14,20H,4-5,13H2,1-3H3/b21-14+. The van der Waals surface area contributed by atoms with Gasteiger partial charge in [-0.3, -0.25) is 0 Å². The molecule has 0 radical (unpaired) electrons. The first kappa shape index (κ1) is 17.7. The van der Waals surface area contributed by atoms with Crippen LogP contribution in [-0.4, -0.2) is 26.5 Å². The van der Waals surface area contributed by atoms with Gasteiger partial charge < -0.3 is 19.6 Å². The maximum Gasteiger partial charge on any atom is 0.131 e. The minimum Gasteiger partial charge on any atom is -0.496 e. The van der Waals surface area contributed by atoms with E-state index in [1.54, 1.807) is 13.3 Å². The lowest BCUT2D eigenvalue weighted by Gasteiger charge is -2.10. The van der Waals surface area contributed by atoms with E-state index in [4.69, 9.17) is 14.2 Å². The van der Waals surface area contributed by atoms with Gasteiger partial charge >= 0.3 is 0 Å². The molecule has 0 atom stereocenters. The molecule has 0 bridgehead atoms. The number of benzene rings is 2. The van der Waals surface area contributed by atoms with Gasteiger partial charge in [0.05, 0.1) is 33.1 Å². The topological polar surface area (TPSA) is 52.1 Å². The van der Waals surface area contributed by atoms with Gasteiger partial charge in [-0.15, -0.1) is 0 Å². The molecule has 0 spiro atoms. The summed E-state index contributed by atoms with van der Waals surface area (Å²) in [6.45, 7) is 5.71. The molecule has 2 aromatic carbocycles. The highest BCUT2D eigenvalue weighted by molar-refractivity contribution is 5.83. The molecule has 0 heterocycles. The molecular formula is C19H24N2O3. The zero-order chi connectivity index (χ0) is 17.2. The lowest BCUT2D eigenvalue weighted by Crippen LogP contribution is -2.07. The third-order valence-electron chi connectivity index (χ3n) is 3.35. The van der Waals surface area contributed by atoms with Gasteiger partial charge in [0, 0.05) is 17.2 Å². The second-order valence-electron chi connectivity index (χ2n) is 4.97. The van der Waals surface area contributed by atoms with Crippen LogP contribution in [0.2, 0.25) is 0 Å². The van der Waals surface area contributed by atoms with Gasteiger partial charge in [0.1, 0.15) is 17.2 Å². The van der Waals surface area contributed by atoms with Crippen molar-refractivity contribution in [2.45, 2.75) is 20.4 Å². The second-order valence-corrected chi connectivity index (χ2v) is 4.97. The summed E-state index contributed by atoms with van der Waals surface area (Å²) in [4.78, 5) is 0. The Labute approximate surface area is 143 Å². The predicted molar refractivity (Wildman–Crippen MR) is 96.2 cm³/mol. The summed E-state index contributed by atoms with van der Waals surface area (Å²) in [5.74, 6) is 2.39. The third kappa shape index (κ3) is 4.91.